The fraction of sp³-hybridized carbons (Fsp3) is 0.333. The second kappa shape index (κ2) is 9.75. The largest absolute Gasteiger partial charge is 0.494 e. The van der Waals surface area contributed by atoms with Crippen molar-refractivity contribution in [2.24, 2.45) is 5.73 Å². The third kappa shape index (κ3) is 5.99. The maximum atomic E-state index is 12.0. The van der Waals surface area contributed by atoms with Crippen LogP contribution in [0.2, 0.25) is 0 Å². The van der Waals surface area contributed by atoms with E-state index in [4.69, 9.17) is 15.9 Å². The molecule has 0 radical (unpaired) electrons. The Balaban J connectivity index is 2.32. The van der Waals surface area contributed by atoms with Crippen LogP contribution in [-0.2, 0) is 11.3 Å². The number of anilines is 1. The summed E-state index contributed by atoms with van der Waals surface area (Å²) in [7, 11) is 0. The number of carbonyl (C=O) groups is 1. The zero-order valence-corrected chi connectivity index (χ0v) is 16.5. The minimum Gasteiger partial charge on any atom is -0.494 e. The lowest BCUT2D eigenvalue weighted by Gasteiger charge is -2.19. The van der Waals surface area contributed by atoms with E-state index >= 15 is 0 Å². The van der Waals surface area contributed by atoms with Gasteiger partial charge in [-0.3, -0.25) is 5.41 Å². The van der Waals surface area contributed by atoms with Crippen LogP contribution < -0.4 is 21.1 Å². The molecule has 0 aliphatic carbocycles. The van der Waals surface area contributed by atoms with Crippen LogP contribution in [0.5, 0.6) is 5.75 Å². The fourth-order valence-electron chi connectivity index (χ4n) is 2.73. The number of aliphatic carboxylic acids is 1. The van der Waals surface area contributed by atoms with Crippen molar-refractivity contribution < 1.29 is 14.6 Å². The molecule has 0 fully saturated rings. The summed E-state index contributed by atoms with van der Waals surface area (Å²) < 4.78 is 5.63. The maximum absolute atomic E-state index is 12.0. The molecule has 2 aromatic carbocycles. The first kappa shape index (κ1) is 21.2. The molecular weight excluding hydrogens is 356 g/mol. The van der Waals surface area contributed by atoms with Crippen molar-refractivity contribution >= 4 is 17.5 Å². The Labute approximate surface area is 165 Å². The van der Waals surface area contributed by atoms with Crippen molar-refractivity contribution in [2.45, 2.75) is 39.4 Å². The Bertz CT molecular complexity index is 819. The van der Waals surface area contributed by atoms with Gasteiger partial charge in [0, 0.05) is 23.8 Å². The van der Waals surface area contributed by atoms with E-state index in [1.165, 1.54) is 0 Å². The fourth-order valence-corrected chi connectivity index (χ4v) is 2.73. The maximum Gasteiger partial charge on any atom is 0.330 e. The van der Waals surface area contributed by atoms with Gasteiger partial charge in [-0.15, -0.1) is 0 Å². The van der Waals surface area contributed by atoms with E-state index in [9.17, 15) is 9.90 Å². The molecule has 7 heteroatoms. The minimum absolute atomic E-state index is 0.0342. The van der Waals surface area contributed by atoms with Gasteiger partial charge in [0.05, 0.1) is 6.61 Å². The van der Waals surface area contributed by atoms with E-state index in [1.54, 1.807) is 30.3 Å². The molecule has 1 unspecified atom stereocenters. The second-order valence-corrected chi connectivity index (χ2v) is 6.79. The topological polar surface area (TPSA) is 120 Å². The lowest BCUT2D eigenvalue weighted by molar-refractivity contribution is -0.138. The Morgan fingerprint density at radius 2 is 1.89 bits per heavy atom. The number of nitrogens with two attached hydrogens (primary N) is 1. The van der Waals surface area contributed by atoms with Crippen molar-refractivity contribution in [3.05, 3.63) is 59.2 Å². The molecule has 0 aliphatic rings. The van der Waals surface area contributed by atoms with Gasteiger partial charge >= 0.3 is 5.97 Å². The standard InChI is InChI=1S/C21H28N4O3/c1-4-28-18-10-14(12-24-13(2)3)9-16(11-18)19(21(26)27)25-17-7-5-15(6-8-17)20(22)23/h5-11,13,19,24-25H,4,12H2,1-3H3,(H3,22,23)(H,26,27). The third-order valence-electron chi connectivity index (χ3n) is 4.10. The number of nitrogens with one attached hydrogen (secondary N) is 3. The molecule has 150 valence electrons. The molecule has 6 N–H and O–H groups in total. The van der Waals surface area contributed by atoms with E-state index in [-0.39, 0.29) is 5.84 Å². The molecule has 28 heavy (non-hydrogen) atoms. The predicted molar refractivity (Wildman–Crippen MR) is 111 cm³/mol. The number of amidine groups is 1. The molecule has 2 aromatic rings. The van der Waals surface area contributed by atoms with Gasteiger partial charge in [-0.2, -0.15) is 0 Å². The smallest absolute Gasteiger partial charge is 0.330 e. The molecular formula is C21H28N4O3. The van der Waals surface area contributed by atoms with E-state index in [1.807, 2.05) is 19.1 Å². The third-order valence-corrected chi connectivity index (χ3v) is 4.10. The first-order chi connectivity index (χ1) is 13.3. The van der Waals surface area contributed by atoms with Crippen LogP contribution in [0, 0.1) is 5.41 Å². The molecule has 0 saturated carbocycles. The summed E-state index contributed by atoms with van der Waals surface area (Å²) >= 11 is 0. The van der Waals surface area contributed by atoms with Crippen LogP contribution in [0.25, 0.3) is 0 Å². The van der Waals surface area contributed by atoms with Crippen LogP contribution >= 0.6 is 0 Å². The molecule has 7 nitrogen and oxygen atoms in total. The zero-order chi connectivity index (χ0) is 20.7. The quantitative estimate of drug-likeness (QED) is 0.317. The average molecular weight is 384 g/mol. The molecule has 0 spiro atoms. The normalized spacial score (nSPS) is 11.9. The first-order valence-corrected chi connectivity index (χ1v) is 9.24. The summed E-state index contributed by atoms with van der Waals surface area (Å²) in [4.78, 5) is 12.0. The number of nitrogen functional groups attached to an aromatic ring is 1. The van der Waals surface area contributed by atoms with Crippen LogP contribution in [-0.4, -0.2) is 29.6 Å². The number of carboxylic acid groups (broad SMARTS) is 1. The van der Waals surface area contributed by atoms with Crippen molar-refractivity contribution in [1.29, 1.82) is 5.41 Å². The Morgan fingerprint density at radius 1 is 1.21 bits per heavy atom. The molecule has 0 saturated heterocycles. The highest BCUT2D eigenvalue weighted by atomic mass is 16.5. The van der Waals surface area contributed by atoms with Gasteiger partial charge in [-0.05, 0) is 54.4 Å². The molecule has 0 aromatic heterocycles. The highest BCUT2D eigenvalue weighted by Gasteiger charge is 2.21. The number of rotatable bonds is 10. The van der Waals surface area contributed by atoms with Gasteiger partial charge in [-0.1, -0.05) is 19.9 Å². The monoisotopic (exact) mass is 384 g/mol. The van der Waals surface area contributed by atoms with Gasteiger partial charge < -0.3 is 26.2 Å². The second-order valence-electron chi connectivity index (χ2n) is 6.79. The summed E-state index contributed by atoms with van der Waals surface area (Å²) in [5.41, 5.74) is 8.23. The summed E-state index contributed by atoms with van der Waals surface area (Å²) in [5, 5.41) is 23.6. The highest BCUT2D eigenvalue weighted by molar-refractivity contribution is 5.95. The Kier molecular flexibility index (Phi) is 7.40. The molecule has 0 bridgehead atoms. The number of carboxylic acids is 1. The Hall–Kier alpha value is -3.06. The van der Waals surface area contributed by atoms with E-state index in [0.717, 1.165) is 5.56 Å². The molecule has 1 atom stereocenters. The minimum atomic E-state index is -0.993. The van der Waals surface area contributed by atoms with E-state index < -0.39 is 12.0 Å². The van der Waals surface area contributed by atoms with Gasteiger partial charge in [0.25, 0.3) is 0 Å². The van der Waals surface area contributed by atoms with Crippen LogP contribution in [0.1, 0.15) is 43.5 Å². The van der Waals surface area contributed by atoms with Gasteiger partial charge in [0.1, 0.15) is 11.6 Å². The highest BCUT2D eigenvalue weighted by Crippen LogP contribution is 2.26. The lowest BCUT2D eigenvalue weighted by atomic mass is 10.0. The summed E-state index contributed by atoms with van der Waals surface area (Å²) in [6.07, 6.45) is 0. The van der Waals surface area contributed by atoms with Crippen LogP contribution in [0.15, 0.2) is 42.5 Å². The van der Waals surface area contributed by atoms with E-state index in [2.05, 4.69) is 24.5 Å². The van der Waals surface area contributed by atoms with Gasteiger partial charge in [0.15, 0.2) is 6.04 Å². The number of benzene rings is 2. The van der Waals surface area contributed by atoms with Crippen molar-refractivity contribution in [2.75, 3.05) is 11.9 Å². The molecule has 2 rings (SSSR count). The molecule has 0 heterocycles. The zero-order valence-electron chi connectivity index (χ0n) is 16.5. The van der Waals surface area contributed by atoms with E-state index in [0.29, 0.717) is 41.8 Å². The van der Waals surface area contributed by atoms with Crippen molar-refractivity contribution in [1.82, 2.24) is 5.32 Å². The Morgan fingerprint density at radius 3 is 2.43 bits per heavy atom. The summed E-state index contributed by atoms with van der Waals surface area (Å²) in [5.74, 6) is -0.388. The predicted octanol–water partition coefficient (Wildman–Crippen LogP) is 3.11. The average Bonchev–Trinajstić information content (AvgIpc) is 2.64. The number of hydrogen-bond donors (Lipinski definition) is 5. The first-order valence-electron chi connectivity index (χ1n) is 9.24. The number of ether oxygens (including phenoxy) is 1. The van der Waals surface area contributed by atoms with Crippen molar-refractivity contribution in [3.8, 4) is 5.75 Å². The SMILES string of the molecule is CCOc1cc(CNC(C)C)cc(C(Nc2ccc(C(=N)N)cc2)C(=O)O)c1. The van der Waals surface area contributed by atoms with Crippen LogP contribution in [0.4, 0.5) is 5.69 Å². The van der Waals surface area contributed by atoms with Crippen LogP contribution in [0.3, 0.4) is 0 Å². The number of hydrogen-bond acceptors (Lipinski definition) is 5. The summed E-state index contributed by atoms with van der Waals surface area (Å²) in [6, 6.07) is 11.7. The van der Waals surface area contributed by atoms with Crippen molar-refractivity contribution in [3.63, 3.8) is 0 Å². The molecule has 0 amide bonds. The molecule has 0 aliphatic heterocycles. The lowest BCUT2D eigenvalue weighted by Crippen LogP contribution is -2.23. The van der Waals surface area contributed by atoms with Gasteiger partial charge in [-0.25, -0.2) is 4.79 Å². The summed E-state index contributed by atoms with van der Waals surface area (Å²) in [6.45, 7) is 7.12. The van der Waals surface area contributed by atoms with Gasteiger partial charge in [0.2, 0.25) is 0 Å².